The first-order valence-electron chi connectivity index (χ1n) is 8.73. The van der Waals surface area contributed by atoms with Gasteiger partial charge in [-0.15, -0.1) is 0 Å². The van der Waals surface area contributed by atoms with E-state index in [-0.39, 0.29) is 5.69 Å². The first-order valence-corrected chi connectivity index (χ1v) is 8.73. The highest BCUT2D eigenvalue weighted by molar-refractivity contribution is 6.05. The molecular weight excluding hydrogens is 346 g/mol. The van der Waals surface area contributed by atoms with Crippen molar-refractivity contribution < 1.29 is 13.9 Å². The maximum atomic E-state index is 12.4. The summed E-state index contributed by atoms with van der Waals surface area (Å²) in [6, 6.07) is 13.6. The minimum Gasteiger partial charge on any atom is -0.494 e. The summed E-state index contributed by atoms with van der Waals surface area (Å²) >= 11 is 0. The minimum atomic E-state index is -0.619. The fraction of sp³-hybridized carbons (Fsp3) is 0.200. The number of carbonyl (C=O) groups excluding carboxylic acids is 1. The van der Waals surface area contributed by atoms with Crippen LogP contribution in [-0.4, -0.2) is 19.2 Å². The van der Waals surface area contributed by atoms with Crippen LogP contribution in [0.25, 0.3) is 11.0 Å². The van der Waals surface area contributed by atoms with Crippen LogP contribution in [0.2, 0.25) is 0 Å². The molecule has 27 heavy (non-hydrogen) atoms. The molecule has 3 N–H and O–H groups in total. The number of hydrogen-bond donors (Lipinski definition) is 3. The van der Waals surface area contributed by atoms with Gasteiger partial charge in [0.1, 0.15) is 11.3 Å². The third-order valence-electron chi connectivity index (χ3n) is 3.83. The van der Waals surface area contributed by atoms with Crippen molar-refractivity contribution >= 4 is 34.1 Å². The molecule has 0 unspecified atom stereocenters. The largest absolute Gasteiger partial charge is 0.494 e. The predicted octanol–water partition coefficient (Wildman–Crippen LogP) is 4.27. The van der Waals surface area contributed by atoms with E-state index in [0.29, 0.717) is 35.9 Å². The molecule has 0 aliphatic carbocycles. The standard InChI is InChI=1S/C20H21N3O4/c1-3-21-17-15-7-5-6-8-16(15)27-19(24)18(17)23-20(25)22-13-9-11-14(12-10-13)26-4-2/h5-12,21H,3-4H2,1-2H3,(H2,22,23,25). The van der Waals surface area contributed by atoms with Crippen molar-refractivity contribution in [3.8, 4) is 5.75 Å². The van der Waals surface area contributed by atoms with Crippen LogP contribution in [0.5, 0.6) is 5.75 Å². The normalized spacial score (nSPS) is 10.4. The summed E-state index contributed by atoms with van der Waals surface area (Å²) in [5.74, 6) is 0.716. The number of nitrogens with one attached hydrogen (secondary N) is 3. The van der Waals surface area contributed by atoms with E-state index in [0.717, 1.165) is 5.39 Å². The summed E-state index contributed by atoms with van der Waals surface area (Å²) in [4.78, 5) is 24.7. The molecule has 1 heterocycles. The van der Waals surface area contributed by atoms with Crippen LogP contribution >= 0.6 is 0 Å². The fourth-order valence-electron chi connectivity index (χ4n) is 2.70. The monoisotopic (exact) mass is 367 g/mol. The van der Waals surface area contributed by atoms with Crippen LogP contribution < -0.4 is 26.3 Å². The van der Waals surface area contributed by atoms with Gasteiger partial charge in [0.2, 0.25) is 0 Å². The smallest absolute Gasteiger partial charge is 0.362 e. The van der Waals surface area contributed by atoms with Crippen molar-refractivity contribution in [1.29, 1.82) is 0 Å². The highest BCUT2D eigenvalue weighted by Gasteiger charge is 2.16. The molecule has 0 atom stereocenters. The van der Waals surface area contributed by atoms with Crippen molar-refractivity contribution in [3.05, 3.63) is 59.0 Å². The molecule has 0 saturated carbocycles. The topological polar surface area (TPSA) is 92.6 Å². The number of carbonyl (C=O) groups is 1. The van der Waals surface area contributed by atoms with Crippen LogP contribution in [0.3, 0.4) is 0 Å². The zero-order valence-electron chi connectivity index (χ0n) is 15.2. The predicted molar refractivity (Wildman–Crippen MR) is 107 cm³/mol. The number of anilines is 3. The zero-order valence-corrected chi connectivity index (χ0v) is 15.2. The maximum absolute atomic E-state index is 12.4. The molecule has 7 heteroatoms. The second-order valence-corrected chi connectivity index (χ2v) is 5.70. The maximum Gasteiger partial charge on any atom is 0.362 e. The van der Waals surface area contributed by atoms with Gasteiger partial charge in [-0.05, 0) is 50.2 Å². The molecule has 3 aromatic rings. The van der Waals surface area contributed by atoms with Gasteiger partial charge in [-0.2, -0.15) is 0 Å². The van der Waals surface area contributed by atoms with E-state index in [1.807, 2.05) is 26.0 Å². The Bertz CT molecular complexity index is 996. The van der Waals surface area contributed by atoms with Crippen LogP contribution in [0, 0.1) is 0 Å². The third-order valence-corrected chi connectivity index (χ3v) is 3.83. The lowest BCUT2D eigenvalue weighted by Gasteiger charge is -2.14. The van der Waals surface area contributed by atoms with E-state index in [9.17, 15) is 9.59 Å². The lowest BCUT2D eigenvalue weighted by atomic mass is 10.2. The van der Waals surface area contributed by atoms with E-state index in [1.165, 1.54) is 0 Å². The third kappa shape index (κ3) is 4.20. The quantitative estimate of drug-likeness (QED) is 0.566. The molecule has 140 valence electrons. The van der Waals surface area contributed by atoms with Gasteiger partial charge in [0.15, 0.2) is 5.69 Å². The van der Waals surface area contributed by atoms with Gasteiger partial charge in [0.05, 0.1) is 12.3 Å². The zero-order chi connectivity index (χ0) is 19.2. The molecule has 0 spiro atoms. The van der Waals surface area contributed by atoms with E-state index >= 15 is 0 Å². The average molecular weight is 367 g/mol. The molecular formula is C20H21N3O4. The SMILES string of the molecule is CCNc1c(NC(=O)Nc2ccc(OCC)cc2)c(=O)oc2ccccc12. The summed E-state index contributed by atoms with van der Waals surface area (Å²) in [6.45, 7) is 4.96. The Kier molecular flexibility index (Phi) is 5.61. The van der Waals surface area contributed by atoms with E-state index in [2.05, 4.69) is 16.0 Å². The van der Waals surface area contributed by atoms with Crippen molar-refractivity contribution in [1.82, 2.24) is 0 Å². The average Bonchev–Trinajstić information content (AvgIpc) is 2.66. The number of ether oxygens (including phenoxy) is 1. The van der Waals surface area contributed by atoms with Gasteiger partial charge in [0.25, 0.3) is 0 Å². The molecule has 0 radical (unpaired) electrons. The first-order chi connectivity index (χ1) is 13.1. The van der Waals surface area contributed by atoms with Crippen LogP contribution in [0.15, 0.2) is 57.7 Å². The van der Waals surface area contributed by atoms with Gasteiger partial charge < -0.3 is 19.8 Å². The Morgan fingerprint density at radius 1 is 1.00 bits per heavy atom. The fourth-order valence-corrected chi connectivity index (χ4v) is 2.70. The van der Waals surface area contributed by atoms with Crippen LogP contribution in [0.1, 0.15) is 13.8 Å². The van der Waals surface area contributed by atoms with E-state index in [1.54, 1.807) is 36.4 Å². The summed E-state index contributed by atoms with van der Waals surface area (Å²) in [7, 11) is 0. The molecule has 1 aromatic heterocycles. The lowest BCUT2D eigenvalue weighted by Crippen LogP contribution is -2.24. The van der Waals surface area contributed by atoms with Gasteiger partial charge in [0, 0.05) is 17.6 Å². The van der Waals surface area contributed by atoms with Gasteiger partial charge in [-0.1, -0.05) is 12.1 Å². The second-order valence-electron chi connectivity index (χ2n) is 5.70. The Morgan fingerprint density at radius 2 is 1.74 bits per heavy atom. The van der Waals surface area contributed by atoms with Gasteiger partial charge in [-0.3, -0.25) is 5.32 Å². The van der Waals surface area contributed by atoms with E-state index in [4.69, 9.17) is 9.15 Å². The number of fused-ring (bicyclic) bond motifs is 1. The Labute approximate surface area is 156 Å². The number of amides is 2. The highest BCUT2D eigenvalue weighted by atomic mass is 16.5. The number of urea groups is 1. The van der Waals surface area contributed by atoms with Crippen LogP contribution in [-0.2, 0) is 0 Å². The molecule has 3 rings (SSSR count). The summed E-state index contributed by atoms with van der Waals surface area (Å²) in [6.07, 6.45) is 0. The molecule has 0 saturated heterocycles. The molecule has 0 fully saturated rings. The molecule has 0 aliphatic heterocycles. The summed E-state index contributed by atoms with van der Waals surface area (Å²) in [5.41, 5.74) is 1.01. The molecule has 0 aliphatic rings. The lowest BCUT2D eigenvalue weighted by molar-refractivity contribution is 0.262. The molecule has 2 amide bonds. The summed E-state index contributed by atoms with van der Waals surface area (Å²) < 4.78 is 10.7. The second kappa shape index (κ2) is 8.27. The van der Waals surface area contributed by atoms with Crippen molar-refractivity contribution in [2.24, 2.45) is 0 Å². The Morgan fingerprint density at radius 3 is 2.44 bits per heavy atom. The van der Waals surface area contributed by atoms with Gasteiger partial charge in [-0.25, -0.2) is 9.59 Å². The first kappa shape index (κ1) is 18.3. The number of benzene rings is 2. The van der Waals surface area contributed by atoms with Crippen molar-refractivity contribution in [3.63, 3.8) is 0 Å². The number of hydrogen-bond acceptors (Lipinski definition) is 5. The molecule has 7 nitrogen and oxygen atoms in total. The molecule has 2 aromatic carbocycles. The number of para-hydroxylation sites is 1. The Balaban J connectivity index is 1.84. The highest BCUT2D eigenvalue weighted by Crippen LogP contribution is 2.28. The summed E-state index contributed by atoms with van der Waals surface area (Å²) in [5, 5.41) is 9.13. The molecule has 0 bridgehead atoms. The van der Waals surface area contributed by atoms with Gasteiger partial charge >= 0.3 is 11.7 Å². The Hall–Kier alpha value is -3.48. The van der Waals surface area contributed by atoms with Crippen molar-refractivity contribution in [2.75, 3.05) is 29.1 Å². The van der Waals surface area contributed by atoms with E-state index < -0.39 is 11.7 Å². The number of rotatable bonds is 6. The van der Waals surface area contributed by atoms with Crippen molar-refractivity contribution in [2.45, 2.75) is 13.8 Å². The minimum absolute atomic E-state index is 0.0685. The van der Waals surface area contributed by atoms with Crippen LogP contribution in [0.4, 0.5) is 21.9 Å².